The third-order valence-corrected chi connectivity index (χ3v) is 5.00. The van der Waals surface area contributed by atoms with E-state index in [4.69, 9.17) is 5.11 Å². The van der Waals surface area contributed by atoms with Gasteiger partial charge < -0.3 is 15.3 Å². The zero-order chi connectivity index (χ0) is 19.1. The summed E-state index contributed by atoms with van der Waals surface area (Å²) in [4.78, 5) is 25.7. The summed E-state index contributed by atoms with van der Waals surface area (Å²) in [5, 5.41) is 12.1. The Bertz CT molecular complexity index is 776. The van der Waals surface area contributed by atoms with Gasteiger partial charge in [-0.2, -0.15) is 0 Å². The van der Waals surface area contributed by atoms with Gasteiger partial charge in [-0.05, 0) is 42.4 Å². The van der Waals surface area contributed by atoms with Gasteiger partial charge in [0.25, 0.3) is 0 Å². The van der Waals surface area contributed by atoms with Crippen LogP contribution in [-0.2, 0) is 24.2 Å². The number of nitrogens with one attached hydrogen (secondary N) is 1. The number of fused-ring (bicyclic) bond motifs is 1. The lowest BCUT2D eigenvalue weighted by molar-refractivity contribution is -0.137. The zero-order valence-corrected chi connectivity index (χ0v) is 15.4. The highest BCUT2D eigenvalue weighted by Gasteiger charge is 2.22. The summed E-state index contributed by atoms with van der Waals surface area (Å²) in [5.41, 5.74) is 3.59. The van der Waals surface area contributed by atoms with Gasteiger partial charge in [-0.1, -0.05) is 54.6 Å². The molecular formula is C22H26N2O3. The van der Waals surface area contributed by atoms with E-state index in [9.17, 15) is 9.59 Å². The highest BCUT2D eigenvalue weighted by Crippen LogP contribution is 2.19. The number of carboxylic acids is 1. The van der Waals surface area contributed by atoms with Gasteiger partial charge in [0.05, 0.1) is 0 Å². The molecule has 0 saturated carbocycles. The lowest BCUT2D eigenvalue weighted by Crippen LogP contribution is -2.45. The molecule has 0 spiro atoms. The van der Waals surface area contributed by atoms with Crippen molar-refractivity contribution >= 4 is 12.0 Å². The van der Waals surface area contributed by atoms with Crippen LogP contribution in [0.4, 0.5) is 4.79 Å². The Hall–Kier alpha value is -2.82. The number of benzene rings is 2. The third-order valence-electron chi connectivity index (χ3n) is 5.00. The number of carbonyl (C=O) groups excluding carboxylic acids is 1. The number of hydrogen-bond acceptors (Lipinski definition) is 2. The lowest BCUT2D eigenvalue weighted by Gasteiger charge is -2.26. The number of aliphatic carboxylic acids is 1. The van der Waals surface area contributed by atoms with Gasteiger partial charge in [-0.15, -0.1) is 0 Å². The second-order valence-electron chi connectivity index (χ2n) is 7.06. The van der Waals surface area contributed by atoms with Crippen LogP contribution in [0, 0.1) is 0 Å². The molecule has 2 aromatic carbocycles. The van der Waals surface area contributed by atoms with Gasteiger partial charge in [-0.3, -0.25) is 4.79 Å². The van der Waals surface area contributed by atoms with Crippen LogP contribution < -0.4 is 5.32 Å². The smallest absolute Gasteiger partial charge is 0.317 e. The van der Waals surface area contributed by atoms with Crippen molar-refractivity contribution in [2.24, 2.45) is 0 Å². The van der Waals surface area contributed by atoms with Crippen LogP contribution in [0.1, 0.15) is 36.0 Å². The van der Waals surface area contributed by atoms with Crippen molar-refractivity contribution in [2.75, 3.05) is 6.54 Å². The molecule has 2 N–H and O–H groups in total. The third kappa shape index (κ3) is 5.58. The Balaban J connectivity index is 1.66. The molecule has 27 heavy (non-hydrogen) atoms. The summed E-state index contributed by atoms with van der Waals surface area (Å²) in [6.45, 7) is 1.30. The maximum atomic E-state index is 12.9. The van der Waals surface area contributed by atoms with Crippen molar-refractivity contribution in [1.82, 2.24) is 10.2 Å². The molecule has 0 aliphatic carbocycles. The zero-order valence-electron chi connectivity index (χ0n) is 15.4. The van der Waals surface area contributed by atoms with Gasteiger partial charge in [0, 0.05) is 25.6 Å². The first kappa shape index (κ1) is 19.0. The van der Waals surface area contributed by atoms with Gasteiger partial charge in [0.1, 0.15) is 0 Å². The van der Waals surface area contributed by atoms with E-state index in [2.05, 4.69) is 17.4 Å². The standard InChI is InChI=1S/C22H26N2O3/c25-21(26)13-12-20(15-17-7-2-1-3-8-17)23-22(27)24-14-6-11-18-9-4-5-10-19(18)16-24/h1-5,7-10,20H,6,11-16H2,(H,23,27)(H,25,26). The first-order valence-electron chi connectivity index (χ1n) is 9.50. The molecule has 3 rings (SSSR count). The van der Waals surface area contributed by atoms with Gasteiger partial charge in [0.15, 0.2) is 0 Å². The van der Waals surface area contributed by atoms with E-state index in [0.717, 1.165) is 18.4 Å². The largest absolute Gasteiger partial charge is 0.481 e. The molecule has 2 aromatic rings. The minimum Gasteiger partial charge on any atom is -0.481 e. The average molecular weight is 366 g/mol. The number of carboxylic acid groups (broad SMARTS) is 1. The van der Waals surface area contributed by atoms with E-state index in [-0.39, 0.29) is 18.5 Å². The monoisotopic (exact) mass is 366 g/mol. The summed E-state index contributed by atoms with van der Waals surface area (Å²) < 4.78 is 0. The fourth-order valence-electron chi connectivity index (χ4n) is 3.56. The van der Waals surface area contributed by atoms with Crippen molar-refractivity contribution in [1.29, 1.82) is 0 Å². The predicted octanol–water partition coefficient (Wildman–Crippen LogP) is 3.62. The fraction of sp³-hybridized carbons (Fsp3) is 0.364. The molecule has 0 radical (unpaired) electrons. The maximum Gasteiger partial charge on any atom is 0.317 e. The Morgan fingerprint density at radius 3 is 2.48 bits per heavy atom. The van der Waals surface area contributed by atoms with Crippen LogP contribution >= 0.6 is 0 Å². The maximum absolute atomic E-state index is 12.9. The SMILES string of the molecule is O=C(O)CCC(Cc1ccccc1)NC(=O)N1CCCc2ccccc2C1. The quantitative estimate of drug-likeness (QED) is 0.820. The number of nitrogens with zero attached hydrogens (tertiary/aromatic N) is 1. The number of amides is 2. The normalized spacial score (nSPS) is 14.7. The number of hydrogen-bond donors (Lipinski definition) is 2. The molecule has 0 fully saturated rings. The molecule has 0 aromatic heterocycles. The second-order valence-corrected chi connectivity index (χ2v) is 7.06. The molecule has 2 amide bonds. The topological polar surface area (TPSA) is 69.6 Å². The highest BCUT2D eigenvalue weighted by atomic mass is 16.4. The van der Waals surface area contributed by atoms with Crippen molar-refractivity contribution in [3.05, 3.63) is 71.3 Å². The second kappa shape index (κ2) is 9.21. The van der Waals surface area contributed by atoms with E-state index < -0.39 is 5.97 Å². The molecule has 0 bridgehead atoms. The minimum absolute atomic E-state index is 0.0423. The van der Waals surface area contributed by atoms with E-state index in [1.54, 1.807) is 0 Å². The Morgan fingerprint density at radius 1 is 1.04 bits per heavy atom. The lowest BCUT2D eigenvalue weighted by atomic mass is 10.0. The summed E-state index contributed by atoms with van der Waals surface area (Å²) in [7, 11) is 0. The van der Waals surface area contributed by atoms with Crippen LogP contribution in [0.5, 0.6) is 0 Å². The molecule has 1 aliphatic heterocycles. The molecule has 1 atom stereocenters. The molecule has 1 heterocycles. The molecule has 142 valence electrons. The van der Waals surface area contributed by atoms with Crippen molar-refractivity contribution in [2.45, 2.75) is 44.7 Å². The van der Waals surface area contributed by atoms with Crippen LogP contribution in [0.15, 0.2) is 54.6 Å². The van der Waals surface area contributed by atoms with Gasteiger partial charge >= 0.3 is 12.0 Å². The number of aryl methyl sites for hydroxylation is 1. The van der Waals surface area contributed by atoms with Crippen molar-refractivity contribution < 1.29 is 14.7 Å². The van der Waals surface area contributed by atoms with Gasteiger partial charge in [-0.25, -0.2) is 4.79 Å². The Kier molecular flexibility index (Phi) is 6.47. The van der Waals surface area contributed by atoms with Crippen LogP contribution in [-0.4, -0.2) is 34.6 Å². The van der Waals surface area contributed by atoms with Crippen molar-refractivity contribution in [3.63, 3.8) is 0 Å². The van der Waals surface area contributed by atoms with E-state index in [1.807, 2.05) is 47.4 Å². The van der Waals surface area contributed by atoms with Gasteiger partial charge in [0.2, 0.25) is 0 Å². The first-order valence-corrected chi connectivity index (χ1v) is 9.50. The molecule has 1 aliphatic rings. The average Bonchev–Trinajstić information content (AvgIpc) is 2.89. The molecule has 5 nitrogen and oxygen atoms in total. The van der Waals surface area contributed by atoms with E-state index in [0.29, 0.717) is 25.9 Å². The first-order chi connectivity index (χ1) is 13.1. The Morgan fingerprint density at radius 2 is 1.74 bits per heavy atom. The minimum atomic E-state index is -0.842. The summed E-state index contributed by atoms with van der Waals surface area (Å²) in [5.74, 6) is -0.842. The van der Waals surface area contributed by atoms with Crippen LogP contribution in [0.25, 0.3) is 0 Å². The number of carbonyl (C=O) groups is 2. The van der Waals surface area contributed by atoms with Crippen LogP contribution in [0.2, 0.25) is 0 Å². The number of rotatable bonds is 6. The number of urea groups is 1. The Labute approximate surface area is 160 Å². The molecular weight excluding hydrogens is 340 g/mol. The molecule has 1 unspecified atom stereocenters. The predicted molar refractivity (Wildman–Crippen MR) is 105 cm³/mol. The molecule has 5 heteroatoms. The van der Waals surface area contributed by atoms with Crippen LogP contribution in [0.3, 0.4) is 0 Å². The summed E-state index contributed by atoms with van der Waals surface area (Å²) >= 11 is 0. The van der Waals surface area contributed by atoms with Crippen molar-refractivity contribution in [3.8, 4) is 0 Å². The highest BCUT2D eigenvalue weighted by molar-refractivity contribution is 5.75. The summed E-state index contributed by atoms with van der Waals surface area (Å²) in [6, 6.07) is 17.8. The fourth-order valence-corrected chi connectivity index (χ4v) is 3.56. The summed E-state index contributed by atoms with van der Waals surface area (Å²) in [6.07, 6.45) is 3.00. The molecule has 0 saturated heterocycles. The van der Waals surface area contributed by atoms with E-state index in [1.165, 1.54) is 11.1 Å². The van der Waals surface area contributed by atoms with E-state index >= 15 is 0 Å².